The highest BCUT2D eigenvalue weighted by Crippen LogP contribution is 2.31. The molecule has 2 aromatic heterocycles. The summed E-state index contributed by atoms with van der Waals surface area (Å²) in [6.07, 6.45) is 0. The van der Waals surface area contributed by atoms with Crippen LogP contribution >= 0.6 is 0 Å². The van der Waals surface area contributed by atoms with E-state index in [4.69, 9.17) is 10.1 Å². The van der Waals surface area contributed by atoms with Crippen LogP contribution in [0.4, 0.5) is 4.39 Å². The molecule has 3 nitrogen and oxygen atoms in total. The molecule has 26 heavy (non-hydrogen) atoms. The number of pyridine rings is 1. The molecule has 0 atom stereocenters. The summed E-state index contributed by atoms with van der Waals surface area (Å²) in [4.78, 5) is 4.78. The highest BCUT2D eigenvalue weighted by Gasteiger charge is 2.16. The molecule has 0 saturated heterocycles. The van der Waals surface area contributed by atoms with Crippen molar-refractivity contribution in [1.82, 2.24) is 14.8 Å². The van der Waals surface area contributed by atoms with E-state index in [1.807, 2.05) is 71.4 Å². The molecule has 0 fully saturated rings. The van der Waals surface area contributed by atoms with Crippen LogP contribution in [-0.4, -0.2) is 14.8 Å². The minimum Gasteiger partial charge on any atom is -0.228 e. The van der Waals surface area contributed by atoms with Crippen LogP contribution in [0.3, 0.4) is 0 Å². The van der Waals surface area contributed by atoms with Gasteiger partial charge in [0.2, 0.25) is 0 Å². The average molecular weight is 339 g/mol. The molecule has 2 heterocycles. The van der Waals surface area contributed by atoms with Crippen molar-refractivity contribution in [3.05, 3.63) is 90.7 Å². The van der Waals surface area contributed by atoms with E-state index in [0.29, 0.717) is 0 Å². The van der Waals surface area contributed by atoms with Gasteiger partial charge in [0.05, 0.1) is 11.2 Å². The molecule has 3 aromatic carbocycles. The molecule has 0 saturated carbocycles. The minimum absolute atomic E-state index is 0.268. The normalized spacial score (nSPS) is 11.3. The van der Waals surface area contributed by atoms with Gasteiger partial charge in [-0.05, 0) is 36.4 Å². The lowest BCUT2D eigenvalue weighted by Crippen LogP contribution is -1.97. The maximum absolute atomic E-state index is 13.7. The number of fused-ring (bicyclic) bond motifs is 2. The second kappa shape index (κ2) is 5.77. The number of halogens is 1. The Morgan fingerprint density at radius 1 is 0.769 bits per heavy atom. The first-order valence-corrected chi connectivity index (χ1v) is 8.39. The van der Waals surface area contributed by atoms with Crippen LogP contribution in [0.15, 0.2) is 84.9 Å². The van der Waals surface area contributed by atoms with E-state index in [2.05, 4.69) is 0 Å². The summed E-state index contributed by atoms with van der Waals surface area (Å²) in [5.74, 6) is -0.268. The number of rotatable bonds is 2. The standard InChI is InChI=1S/C22H14FN3/c23-17-11-12-20-16(13-17)14-19-21(15-7-3-1-4-8-15)25-26(22(19)24-20)18-9-5-2-6-10-18/h1-14H. The maximum Gasteiger partial charge on any atom is 0.164 e. The molecule has 0 N–H and O–H groups in total. The van der Waals surface area contributed by atoms with Gasteiger partial charge in [0.25, 0.3) is 0 Å². The predicted octanol–water partition coefficient (Wildman–Crippen LogP) is 5.38. The number of hydrogen-bond donors (Lipinski definition) is 0. The lowest BCUT2D eigenvalue weighted by molar-refractivity contribution is 0.629. The van der Waals surface area contributed by atoms with Crippen LogP contribution in [0.25, 0.3) is 38.9 Å². The first-order chi connectivity index (χ1) is 12.8. The second-order valence-electron chi connectivity index (χ2n) is 6.16. The summed E-state index contributed by atoms with van der Waals surface area (Å²) < 4.78 is 15.5. The zero-order valence-electron chi connectivity index (χ0n) is 13.8. The van der Waals surface area contributed by atoms with E-state index >= 15 is 0 Å². The van der Waals surface area contributed by atoms with Crippen molar-refractivity contribution in [1.29, 1.82) is 0 Å². The molecular formula is C22H14FN3. The third-order valence-corrected chi connectivity index (χ3v) is 4.46. The molecule has 5 aromatic rings. The molecule has 5 rings (SSSR count). The lowest BCUT2D eigenvalue weighted by Gasteiger charge is -2.03. The van der Waals surface area contributed by atoms with Gasteiger partial charge in [0, 0.05) is 16.3 Å². The third-order valence-electron chi connectivity index (χ3n) is 4.46. The van der Waals surface area contributed by atoms with Crippen molar-refractivity contribution < 1.29 is 4.39 Å². The number of hydrogen-bond acceptors (Lipinski definition) is 2. The highest BCUT2D eigenvalue weighted by atomic mass is 19.1. The van der Waals surface area contributed by atoms with E-state index in [1.165, 1.54) is 12.1 Å². The second-order valence-corrected chi connectivity index (χ2v) is 6.16. The smallest absolute Gasteiger partial charge is 0.164 e. The van der Waals surface area contributed by atoms with E-state index in [1.54, 1.807) is 6.07 Å². The van der Waals surface area contributed by atoms with Crippen molar-refractivity contribution in [2.24, 2.45) is 0 Å². The molecule has 0 radical (unpaired) electrons. The molecule has 0 aliphatic rings. The van der Waals surface area contributed by atoms with Gasteiger partial charge >= 0.3 is 0 Å². The van der Waals surface area contributed by atoms with Gasteiger partial charge in [-0.15, -0.1) is 0 Å². The van der Waals surface area contributed by atoms with Gasteiger partial charge in [0.1, 0.15) is 11.5 Å². The summed E-state index contributed by atoms with van der Waals surface area (Å²) >= 11 is 0. The van der Waals surface area contributed by atoms with Crippen molar-refractivity contribution in [2.45, 2.75) is 0 Å². The number of nitrogens with zero attached hydrogens (tertiary/aromatic N) is 3. The highest BCUT2D eigenvalue weighted by molar-refractivity contribution is 5.99. The summed E-state index contributed by atoms with van der Waals surface area (Å²) in [5, 5.41) is 6.50. The maximum atomic E-state index is 13.7. The fraction of sp³-hybridized carbons (Fsp3) is 0. The third kappa shape index (κ3) is 2.35. The van der Waals surface area contributed by atoms with Crippen molar-refractivity contribution in [3.63, 3.8) is 0 Å². The molecular weight excluding hydrogens is 325 g/mol. The van der Waals surface area contributed by atoms with Crippen LogP contribution in [0.5, 0.6) is 0 Å². The number of benzene rings is 3. The molecule has 0 amide bonds. The Morgan fingerprint density at radius 3 is 2.27 bits per heavy atom. The quantitative estimate of drug-likeness (QED) is 0.432. The van der Waals surface area contributed by atoms with Crippen molar-refractivity contribution >= 4 is 21.9 Å². The van der Waals surface area contributed by atoms with Crippen LogP contribution in [0, 0.1) is 5.82 Å². The zero-order valence-corrected chi connectivity index (χ0v) is 13.8. The average Bonchev–Trinajstić information content (AvgIpc) is 3.06. The van der Waals surface area contributed by atoms with Crippen LogP contribution in [-0.2, 0) is 0 Å². The van der Waals surface area contributed by atoms with E-state index in [0.717, 1.165) is 38.9 Å². The molecule has 4 heteroatoms. The Kier molecular flexibility index (Phi) is 3.28. The Morgan fingerprint density at radius 2 is 1.50 bits per heavy atom. The fourth-order valence-electron chi connectivity index (χ4n) is 3.23. The zero-order chi connectivity index (χ0) is 17.5. The van der Waals surface area contributed by atoms with Crippen LogP contribution in [0.1, 0.15) is 0 Å². The first-order valence-electron chi connectivity index (χ1n) is 8.39. The Hall–Kier alpha value is -3.53. The Labute approximate surface area is 149 Å². The van der Waals surface area contributed by atoms with Gasteiger partial charge < -0.3 is 0 Å². The van der Waals surface area contributed by atoms with Gasteiger partial charge in [-0.1, -0.05) is 48.5 Å². The van der Waals surface area contributed by atoms with Gasteiger partial charge in [-0.2, -0.15) is 5.10 Å². The summed E-state index contributed by atoms with van der Waals surface area (Å²) in [6, 6.07) is 26.5. The largest absolute Gasteiger partial charge is 0.228 e. The van der Waals surface area contributed by atoms with Crippen LogP contribution in [0.2, 0.25) is 0 Å². The Balaban J connectivity index is 1.89. The van der Waals surface area contributed by atoms with Crippen molar-refractivity contribution in [2.75, 3.05) is 0 Å². The summed E-state index contributed by atoms with van der Waals surface area (Å²) in [7, 11) is 0. The summed E-state index contributed by atoms with van der Waals surface area (Å²) in [5.41, 5.74) is 4.28. The van der Waals surface area contributed by atoms with Gasteiger partial charge in [0.15, 0.2) is 5.65 Å². The lowest BCUT2D eigenvalue weighted by atomic mass is 10.1. The molecule has 0 unspecified atom stereocenters. The van der Waals surface area contributed by atoms with E-state index in [9.17, 15) is 4.39 Å². The van der Waals surface area contributed by atoms with Gasteiger partial charge in [-0.25, -0.2) is 14.1 Å². The Bertz CT molecular complexity index is 1230. The monoisotopic (exact) mass is 339 g/mol. The molecule has 0 aliphatic heterocycles. The van der Waals surface area contributed by atoms with E-state index in [-0.39, 0.29) is 5.82 Å². The molecule has 0 spiro atoms. The molecule has 0 aliphatic carbocycles. The number of aromatic nitrogens is 3. The van der Waals surface area contributed by atoms with E-state index < -0.39 is 0 Å². The SMILES string of the molecule is Fc1ccc2nc3c(cc2c1)c(-c1ccccc1)nn3-c1ccccc1. The summed E-state index contributed by atoms with van der Waals surface area (Å²) in [6.45, 7) is 0. The fourth-order valence-corrected chi connectivity index (χ4v) is 3.23. The number of para-hydroxylation sites is 1. The minimum atomic E-state index is -0.268. The molecule has 124 valence electrons. The first kappa shape index (κ1) is 14.8. The predicted molar refractivity (Wildman–Crippen MR) is 102 cm³/mol. The topological polar surface area (TPSA) is 30.7 Å². The molecule has 0 bridgehead atoms. The van der Waals surface area contributed by atoms with Crippen molar-refractivity contribution in [3.8, 4) is 16.9 Å². The van der Waals surface area contributed by atoms with Crippen LogP contribution < -0.4 is 0 Å². The van der Waals surface area contributed by atoms with Gasteiger partial charge in [-0.3, -0.25) is 0 Å².